The van der Waals surface area contributed by atoms with E-state index in [9.17, 15) is 10.2 Å². The molecule has 0 amide bonds. The van der Waals surface area contributed by atoms with Gasteiger partial charge in [0, 0.05) is 24.3 Å². The second-order valence-electron chi connectivity index (χ2n) is 6.61. The maximum Gasteiger partial charge on any atom is 0.121 e. The fourth-order valence-electron chi connectivity index (χ4n) is 3.27. The highest BCUT2D eigenvalue weighted by Crippen LogP contribution is 2.33. The normalized spacial score (nSPS) is 23.2. The van der Waals surface area contributed by atoms with Crippen LogP contribution in [0, 0.1) is 6.92 Å². The average molecular weight is 395 g/mol. The largest absolute Gasteiger partial charge is 0.394 e. The SMILES string of the molecule is CSc1nnc(Cc2cc(C3CC(O)CC(CO)O3)ccc2Cl)cc1C. The smallest absolute Gasteiger partial charge is 0.121 e. The second-order valence-corrected chi connectivity index (χ2v) is 7.81. The maximum absolute atomic E-state index is 10.0. The number of nitrogens with zero attached hydrogens (tertiary/aromatic N) is 2. The Bertz CT molecular complexity index is 774. The molecule has 1 aliphatic heterocycles. The molecule has 3 unspecified atom stereocenters. The van der Waals surface area contributed by atoms with Gasteiger partial charge >= 0.3 is 0 Å². The zero-order valence-electron chi connectivity index (χ0n) is 14.9. The van der Waals surface area contributed by atoms with Gasteiger partial charge in [-0.15, -0.1) is 16.9 Å². The van der Waals surface area contributed by atoms with Crippen LogP contribution in [-0.2, 0) is 11.2 Å². The molecule has 3 atom stereocenters. The summed E-state index contributed by atoms with van der Waals surface area (Å²) in [5.41, 5.74) is 3.85. The van der Waals surface area contributed by atoms with E-state index >= 15 is 0 Å². The van der Waals surface area contributed by atoms with E-state index in [0.717, 1.165) is 27.4 Å². The summed E-state index contributed by atoms with van der Waals surface area (Å²) in [6.45, 7) is 1.93. The lowest BCUT2D eigenvalue weighted by Crippen LogP contribution is -2.33. The second kappa shape index (κ2) is 8.67. The van der Waals surface area contributed by atoms with Crippen molar-refractivity contribution in [2.45, 2.75) is 49.5 Å². The predicted octanol–water partition coefficient (Wildman–Crippen LogP) is 3.32. The van der Waals surface area contributed by atoms with Crippen LogP contribution in [0.25, 0.3) is 0 Å². The molecule has 1 aromatic heterocycles. The first-order chi connectivity index (χ1) is 12.5. The zero-order valence-corrected chi connectivity index (χ0v) is 16.4. The van der Waals surface area contributed by atoms with Crippen LogP contribution in [0.4, 0.5) is 0 Å². The van der Waals surface area contributed by atoms with E-state index in [0.29, 0.717) is 24.3 Å². The molecule has 0 radical (unpaired) electrons. The Morgan fingerprint density at radius 1 is 1.27 bits per heavy atom. The van der Waals surface area contributed by atoms with Crippen molar-refractivity contribution in [3.05, 3.63) is 51.7 Å². The standard InChI is InChI=1S/C19H23ClN2O3S/c1-11-5-14(21-22-19(11)26-2)7-13-6-12(3-4-17(13)20)18-9-15(24)8-16(10-23)25-18/h3-6,15-16,18,23-24H,7-10H2,1-2H3. The number of thioether (sulfide) groups is 1. The van der Waals surface area contributed by atoms with Gasteiger partial charge < -0.3 is 14.9 Å². The van der Waals surface area contributed by atoms with Crippen molar-refractivity contribution < 1.29 is 14.9 Å². The van der Waals surface area contributed by atoms with Crippen molar-refractivity contribution >= 4 is 23.4 Å². The molecule has 1 saturated heterocycles. The van der Waals surface area contributed by atoms with Crippen molar-refractivity contribution in [1.29, 1.82) is 0 Å². The predicted molar refractivity (Wildman–Crippen MR) is 103 cm³/mol. The molecule has 1 aliphatic rings. The number of hydrogen-bond acceptors (Lipinski definition) is 6. The van der Waals surface area contributed by atoms with Crippen LogP contribution in [0.1, 0.15) is 41.3 Å². The molecule has 3 rings (SSSR count). The molecular formula is C19H23ClN2O3S. The van der Waals surface area contributed by atoms with Gasteiger partial charge in [0.15, 0.2) is 0 Å². The number of aliphatic hydroxyl groups excluding tert-OH is 2. The summed E-state index contributed by atoms with van der Waals surface area (Å²) in [5, 5.41) is 29.5. The number of aliphatic hydroxyl groups is 2. The van der Waals surface area contributed by atoms with Gasteiger partial charge in [-0.3, -0.25) is 0 Å². The molecule has 5 nitrogen and oxygen atoms in total. The molecule has 2 aromatic rings. The number of hydrogen-bond donors (Lipinski definition) is 2. The van der Waals surface area contributed by atoms with Gasteiger partial charge in [-0.1, -0.05) is 23.7 Å². The molecular weight excluding hydrogens is 372 g/mol. The van der Waals surface area contributed by atoms with Crippen molar-refractivity contribution in [1.82, 2.24) is 10.2 Å². The quantitative estimate of drug-likeness (QED) is 0.757. The summed E-state index contributed by atoms with van der Waals surface area (Å²) < 4.78 is 5.90. The zero-order chi connectivity index (χ0) is 18.7. The van der Waals surface area contributed by atoms with Gasteiger partial charge in [0.1, 0.15) is 5.03 Å². The summed E-state index contributed by atoms with van der Waals surface area (Å²) in [6.07, 6.45) is 2.47. The lowest BCUT2D eigenvalue weighted by molar-refractivity contribution is -0.113. The van der Waals surface area contributed by atoms with Gasteiger partial charge in [0.05, 0.1) is 30.6 Å². The summed E-state index contributed by atoms with van der Waals surface area (Å²) in [7, 11) is 0. The fourth-order valence-corrected chi connectivity index (χ4v) is 3.95. The van der Waals surface area contributed by atoms with E-state index in [2.05, 4.69) is 10.2 Å². The summed E-state index contributed by atoms with van der Waals surface area (Å²) >= 11 is 7.96. The first kappa shape index (κ1) is 19.6. The Morgan fingerprint density at radius 2 is 2.08 bits per heavy atom. The van der Waals surface area contributed by atoms with Gasteiger partial charge in [-0.2, -0.15) is 5.10 Å². The Labute approximate surface area is 162 Å². The number of ether oxygens (including phenoxy) is 1. The molecule has 0 saturated carbocycles. The first-order valence-corrected chi connectivity index (χ1v) is 10.2. The molecule has 1 fully saturated rings. The highest BCUT2D eigenvalue weighted by Gasteiger charge is 2.29. The van der Waals surface area contributed by atoms with Gasteiger partial charge in [0.25, 0.3) is 0 Å². The molecule has 0 aliphatic carbocycles. The molecule has 0 bridgehead atoms. The highest BCUT2D eigenvalue weighted by atomic mass is 35.5. The minimum atomic E-state index is -0.474. The average Bonchev–Trinajstić information content (AvgIpc) is 2.63. The van der Waals surface area contributed by atoms with Crippen molar-refractivity contribution in [3.63, 3.8) is 0 Å². The number of aryl methyl sites for hydroxylation is 1. The lowest BCUT2D eigenvalue weighted by Gasteiger charge is -2.32. The van der Waals surface area contributed by atoms with Crippen molar-refractivity contribution in [2.75, 3.05) is 12.9 Å². The molecule has 1 aromatic carbocycles. The summed E-state index contributed by atoms with van der Waals surface area (Å²) in [5.74, 6) is 0. The van der Waals surface area contributed by atoms with E-state index in [1.54, 1.807) is 11.8 Å². The van der Waals surface area contributed by atoms with E-state index < -0.39 is 6.10 Å². The van der Waals surface area contributed by atoms with Crippen LogP contribution in [-0.4, -0.2) is 45.5 Å². The van der Waals surface area contributed by atoms with E-state index in [4.69, 9.17) is 16.3 Å². The topological polar surface area (TPSA) is 75.5 Å². The van der Waals surface area contributed by atoms with Crippen LogP contribution >= 0.6 is 23.4 Å². The van der Waals surface area contributed by atoms with Crippen LogP contribution in [0.3, 0.4) is 0 Å². The Morgan fingerprint density at radius 3 is 2.77 bits per heavy atom. The van der Waals surface area contributed by atoms with Crippen LogP contribution in [0.5, 0.6) is 0 Å². The fraction of sp³-hybridized carbons (Fsp3) is 0.474. The van der Waals surface area contributed by atoms with E-state index in [1.807, 2.05) is 37.4 Å². The summed E-state index contributed by atoms with van der Waals surface area (Å²) in [4.78, 5) is 0. The highest BCUT2D eigenvalue weighted by molar-refractivity contribution is 7.98. The maximum atomic E-state index is 10.0. The molecule has 26 heavy (non-hydrogen) atoms. The number of aromatic nitrogens is 2. The van der Waals surface area contributed by atoms with E-state index in [-0.39, 0.29) is 18.8 Å². The molecule has 2 heterocycles. The molecule has 7 heteroatoms. The molecule has 140 valence electrons. The Balaban J connectivity index is 1.82. The minimum Gasteiger partial charge on any atom is -0.394 e. The van der Waals surface area contributed by atoms with Crippen molar-refractivity contribution in [2.24, 2.45) is 0 Å². The van der Waals surface area contributed by atoms with Gasteiger partial charge in [-0.25, -0.2) is 0 Å². The monoisotopic (exact) mass is 394 g/mol. The van der Waals surface area contributed by atoms with Gasteiger partial charge in [-0.05, 0) is 42.0 Å². The molecule has 2 N–H and O–H groups in total. The number of benzene rings is 1. The Hall–Kier alpha value is -1.18. The lowest BCUT2D eigenvalue weighted by atomic mass is 9.94. The van der Waals surface area contributed by atoms with Gasteiger partial charge in [0.2, 0.25) is 0 Å². The minimum absolute atomic E-state index is 0.0926. The first-order valence-electron chi connectivity index (χ1n) is 8.60. The molecule has 0 spiro atoms. The van der Waals surface area contributed by atoms with Crippen LogP contribution in [0.15, 0.2) is 29.3 Å². The third-order valence-corrected chi connectivity index (χ3v) is 5.74. The Kier molecular flexibility index (Phi) is 6.53. The third kappa shape index (κ3) is 4.56. The third-order valence-electron chi connectivity index (χ3n) is 4.58. The van der Waals surface area contributed by atoms with Crippen LogP contribution < -0.4 is 0 Å². The number of rotatable bonds is 5. The van der Waals surface area contributed by atoms with Crippen LogP contribution in [0.2, 0.25) is 5.02 Å². The van der Waals surface area contributed by atoms with Crippen molar-refractivity contribution in [3.8, 4) is 0 Å². The number of halogens is 1. The summed E-state index contributed by atoms with van der Waals surface area (Å²) in [6, 6.07) is 7.79. The van der Waals surface area contributed by atoms with E-state index in [1.165, 1.54) is 0 Å².